The van der Waals surface area contributed by atoms with Crippen LogP contribution in [0.4, 0.5) is 4.39 Å². The molecular weight excluding hydrogens is 253 g/mol. The molecule has 4 nitrogen and oxygen atoms in total. The van der Waals surface area contributed by atoms with E-state index in [4.69, 9.17) is 4.74 Å². The van der Waals surface area contributed by atoms with Crippen LogP contribution in [-0.4, -0.2) is 23.2 Å². The molecule has 1 unspecified atom stereocenters. The van der Waals surface area contributed by atoms with Crippen molar-refractivity contribution in [2.24, 2.45) is 0 Å². The van der Waals surface area contributed by atoms with Gasteiger partial charge in [-0.2, -0.15) is 0 Å². The Morgan fingerprint density at radius 3 is 2.89 bits per heavy atom. The Morgan fingerprint density at radius 1 is 1.50 bits per heavy atom. The Kier molecular flexibility index (Phi) is 4.22. The van der Waals surface area contributed by atoms with Crippen molar-refractivity contribution in [2.75, 3.05) is 13.7 Å². The normalized spacial score (nSPS) is 12.4. The van der Waals surface area contributed by atoms with Crippen LogP contribution in [0.25, 0.3) is 0 Å². The largest absolute Gasteiger partial charge is 0.497 e. The molecule has 0 fully saturated rings. The molecule has 0 aliphatic carbocycles. The minimum Gasteiger partial charge on any atom is -0.497 e. The molecule has 0 saturated heterocycles. The molecule has 18 heavy (non-hydrogen) atoms. The molecule has 2 rings (SSSR count). The molecule has 0 amide bonds. The summed E-state index contributed by atoms with van der Waals surface area (Å²) < 4.78 is 22.9. The fraction of sp³-hybridized carbons (Fsp3) is 0.333. The van der Waals surface area contributed by atoms with Crippen molar-refractivity contribution < 1.29 is 9.13 Å². The van der Waals surface area contributed by atoms with Crippen LogP contribution in [0.2, 0.25) is 0 Å². The Labute approximate surface area is 109 Å². The van der Waals surface area contributed by atoms with E-state index in [9.17, 15) is 4.39 Å². The van der Waals surface area contributed by atoms with Gasteiger partial charge in [0, 0.05) is 11.6 Å². The maximum Gasteiger partial charge on any atom is 0.132 e. The van der Waals surface area contributed by atoms with Crippen LogP contribution in [0.3, 0.4) is 0 Å². The predicted molar refractivity (Wildman–Crippen MR) is 68.4 cm³/mol. The molecule has 0 bridgehead atoms. The summed E-state index contributed by atoms with van der Waals surface area (Å²) in [4.78, 5) is 0.890. The second-order valence-electron chi connectivity index (χ2n) is 3.70. The number of aromatic nitrogens is 2. The molecule has 0 radical (unpaired) electrons. The molecule has 0 aliphatic heterocycles. The van der Waals surface area contributed by atoms with E-state index in [1.165, 1.54) is 24.7 Å². The van der Waals surface area contributed by atoms with E-state index >= 15 is 0 Å². The summed E-state index contributed by atoms with van der Waals surface area (Å²) in [7, 11) is 1.52. The van der Waals surface area contributed by atoms with E-state index in [1.54, 1.807) is 18.3 Å². The third-order valence-corrected chi connectivity index (χ3v) is 3.32. The average Bonchev–Trinajstić information content (AvgIpc) is 2.90. The summed E-state index contributed by atoms with van der Waals surface area (Å²) in [5, 5.41) is 7.02. The van der Waals surface area contributed by atoms with Gasteiger partial charge >= 0.3 is 0 Å². The zero-order valence-electron chi connectivity index (χ0n) is 10.2. The molecule has 0 aliphatic rings. The van der Waals surface area contributed by atoms with Crippen molar-refractivity contribution in [3.63, 3.8) is 0 Å². The standard InChI is InChI=1S/C12H14FN3OS/c1-3-14-12(11-7-15-16-18-11)9-5-4-8(17-2)6-10(9)13/h4-7,12,14H,3H2,1-2H3. The summed E-state index contributed by atoms with van der Waals surface area (Å²) in [5.41, 5.74) is 0.573. The highest BCUT2D eigenvalue weighted by atomic mass is 32.1. The van der Waals surface area contributed by atoms with Crippen LogP contribution < -0.4 is 10.1 Å². The van der Waals surface area contributed by atoms with Crippen LogP contribution in [0.5, 0.6) is 5.75 Å². The lowest BCUT2D eigenvalue weighted by atomic mass is 10.0. The summed E-state index contributed by atoms with van der Waals surface area (Å²) >= 11 is 1.26. The van der Waals surface area contributed by atoms with Gasteiger partial charge in [0.15, 0.2) is 0 Å². The van der Waals surface area contributed by atoms with E-state index < -0.39 is 0 Å². The Hall–Kier alpha value is -1.53. The third kappa shape index (κ3) is 2.65. The van der Waals surface area contributed by atoms with Crippen molar-refractivity contribution in [1.82, 2.24) is 14.9 Å². The fourth-order valence-electron chi connectivity index (χ4n) is 1.74. The molecule has 1 heterocycles. The fourth-order valence-corrected chi connectivity index (χ4v) is 2.34. The van der Waals surface area contributed by atoms with Crippen LogP contribution in [0, 0.1) is 5.82 Å². The van der Waals surface area contributed by atoms with Gasteiger partial charge in [0.2, 0.25) is 0 Å². The van der Waals surface area contributed by atoms with Gasteiger partial charge in [0.05, 0.1) is 24.2 Å². The average molecular weight is 267 g/mol. The number of nitrogens with one attached hydrogen (secondary N) is 1. The second-order valence-corrected chi connectivity index (χ2v) is 4.52. The number of nitrogens with zero attached hydrogens (tertiary/aromatic N) is 2. The van der Waals surface area contributed by atoms with Crippen LogP contribution >= 0.6 is 11.5 Å². The molecule has 1 N–H and O–H groups in total. The van der Waals surface area contributed by atoms with Gasteiger partial charge in [0.25, 0.3) is 0 Å². The maximum absolute atomic E-state index is 14.0. The lowest BCUT2D eigenvalue weighted by molar-refractivity contribution is 0.410. The number of ether oxygens (including phenoxy) is 1. The summed E-state index contributed by atoms with van der Waals surface area (Å²) in [6, 6.07) is 4.63. The molecule has 0 spiro atoms. The first-order chi connectivity index (χ1) is 8.76. The van der Waals surface area contributed by atoms with Gasteiger partial charge in [0.1, 0.15) is 11.6 Å². The molecule has 1 aromatic heterocycles. The maximum atomic E-state index is 14.0. The van der Waals surface area contributed by atoms with Crippen molar-refractivity contribution in [2.45, 2.75) is 13.0 Å². The van der Waals surface area contributed by atoms with Crippen molar-refractivity contribution in [3.8, 4) is 5.75 Å². The van der Waals surface area contributed by atoms with E-state index in [-0.39, 0.29) is 11.9 Å². The zero-order chi connectivity index (χ0) is 13.0. The molecule has 1 aromatic carbocycles. The second kappa shape index (κ2) is 5.88. The summed E-state index contributed by atoms with van der Waals surface area (Å²) in [5.74, 6) is 0.211. The number of hydrogen-bond donors (Lipinski definition) is 1. The SMILES string of the molecule is CCNC(c1cnns1)c1ccc(OC)cc1F. The van der Waals surface area contributed by atoms with Gasteiger partial charge in [-0.15, -0.1) is 5.10 Å². The van der Waals surface area contributed by atoms with Gasteiger partial charge in [-0.25, -0.2) is 4.39 Å². The molecule has 6 heteroatoms. The minimum atomic E-state index is -0.297. The number of benzene rings is 1. The molecule has 2 aromatic rings. The summed E-state index contributed by atoms with van der Waals surface area (Å²) in [6.45, 7) is 2.71. The lowest BCUT2D eigenvalue weighted by Crippen LogP contribution is -2.22. The minimum absolute atomic E-state index is 0.221. The first-order valence-electron chi connectivity index (χ1n) is 5.60. The van der Waals surface area contributed by atoms with Crippen molar-refractivity contribution in [1.29, 1.82) is 0 Å². The number of halogens is 1. The van der Waals surface area contributed by atoms with Gasteiger partial charge in [-0.3, -0.25) is 0 Å². The molecule has 0 saturated carbocycles. The van der Waals surface area contributed by atoms with E-state index in [2.05, 4.69) is 14.9 Å². The predicted octanol–water partition coefficient (Wildman–Crippen LogP) is 2.38. The highest BCUT2D eigenvalue weighted by Gasteiger charge is 2.19. The van der Waals surface area contributed by atoms with Gasteiger partial charge < -0.3 is 10.1 Å². The molecule has 1 atom stereocenters. The number of methoxy groups -OCH3 is 1. The van der Waals surface area contributed by atoms with Crippen molar-refractivity contribution in [3.05, 3.63) is 40.7 Å². The highest BCUT2D eigenvalue weighted by molar-refractivity contribution is 7.05. The van der Waals surface area contributed by atoms with Crippen LogP contribution in [0.15, 0.2) is 24.4 Å². The van der Waals surface area contributed by atoms with Gasteiger partial charge in [-0.05, 0) is 24.1 Å². The van der Waals surface area contributed by atoms with E-state index in [1.807, 2.05) is 6.92 Å². The molecule has 96 valence electrons. The van der Waals surface area contributed by atoms with Crippen molar-refractivity contribution >= 4 is 11.5 Å². The zero-order valence-corrected chi connectivity index (χ0v) is 11.0. The first-order valence-corrected chi connectivity index (χ1v) is 6.37. The monoisotopic (exact) mass is 267 g/mol. The van der Waals surface area contributed by atoms with Crippen LogP contribution in [-0.2, 0) is 0 Å². The Balaban J connectivity index is 2.37. The Bertz CT molecular complexity index is 504. The number of hydrogen-bond acceptors (Lipinski definition) is 5. The third-order valence-electron chi connectivity index (χ3n) is 2.59. The molecular formula is C12H14FN3OS. The van der Waals surface area contributed by atoms with Gasteiger partial charge in [-0.1, -0.05) is 17.5 Å². The Morgan fingerprint density at radius 2 is 2.33 bits per heavy atom. The first kappa shape index (κ1) is 12.9. The highest BCUT2D eigenvalue weighted by Crippen LogP contribution is 2.28. The van der Waals surface area contributed by atoms with E-state index in [0.29, 0.717) is 11.3 Å². The number of rotatable bonds is 5. The smallest absolute Gasteiger partial charge is 0.132 e. The van der Waals surface area contributed by atoms with E-state index in [0.717, 1.165) is 11.4 Å². The summed E-state index contributed by atoms with van der Waals surface area (Å²) in [6.07, 6.45) is 1.65. The quantitative estimate of drug-likeness (QED) is 0.903. The lowest BCUT2D eigenvalue weighted by Gasteiger charge is -2.17. The van der Waals surface area contributed by atoms with Crippen LogP contribution in [0.1, 0.15) is 23.4 Å². The topological polar surface area (TPSA) is 47.0 Å².